The predicted molar refractivity (Wildman–Crippen MR) is 115 cm³/mol. The zero-order chi connectivity index (χ0) is 22.8. The molecule has 4 aromatic rings. The Labute approximate surface area is 185 Å². The SMILES string of the molecule is Cc1cc2n(n1)[C@H](C(F)(F)F)CCN2C(=O)c1cc(-c2cccs2)nc2c1c(C)nn2C. The van der Waals surface area contributed by atoms with Crippen molar-refractivity contribution in [1.82, 2.24) is 24.5 Å². The molecule has 1 atom stereocenters. The molecule has 0 fully saturated rings. The molecule has 1 aliphatic rings. The van der Waals surface area contributed by atoms with E-state index in [-0.39, 0.29) is 18.8 Å². The number of carbonyl (C=O) groups is 1. The van der Waals surface area contributed by atoms with E-state index in [1.807, 2.05) is 17.5 Å². The summed E-state index contributed by atoms with van der Waals surface area (Å²) in [5.74, 6) is -0.252. The summed E-state index contributed by atoms with van der Waals surface area (Å²) in [6.07, 6.45) is -4.71. The molecule has 0 aliphatic carbocycles. The second-order valence-corrected chi connectivity index (χ2v) is 8.78. The minimum Gasteiger partial charge on any atom is -0.293 e. The molecule has 0 radical (unpaired) electrons. The Morgan fingerprint density at radius 1 is 1.22 bits per heavy atom. The van der Waals surface area contributed by atoms with E-state index in [1.165, 1.54) is 22.3 Å². The first kappa shape index (κ1) is 20.7. The lowest BCUT2D eigenvalue weighted by Crippen LogP contribution is -2.43. The van der Waals surface area contributed by atoms with E-state index in [2.05, 4.69) is 10.2 Å². The number of hydrogen-bond acceptors (Lipinski definition) is 5. The van der Waals surface area contributed by atoms with Crippen LogP contribution < -0.4 is 4.90 Å². The Kier molecular flexibility index (Phi) is 4.63. The van der Waals surface area contributed by atoms with Crippen LogP contribution in [0.25, 0.3) is 21.6 Å². The van der Waals surface area contributed by atoms with Gasteiger partial charge in [-0.15, -0.1) is 11.3 Å². The number of alkyl halides is 3. The van der Waals surface area contributed by atoms with Crippen molar-refractivity contribution in [3.8, 4) is 10.6 Å². The number of pyridine rings is 1. The lowest BCUT2D eigenvalue weighted by Gasteiger charge is -2.34. The summed E-state index contributed by atoms with van der Waals surface area (Å²) >= 11 is 1.49. The van der Waals surface area contributed by atoms with Crippen molar-refractivity contribution in [2.45, 2.75) is 32.5 Å². The summed E-state index contributed by atoms with van der Waals surface area (Å²) in [5, 5.41) is 11.0. The molecule has 11 heteroatoms. The second-order valence-electron chi connectivity index (χ2n) is 7.83. The van der Waals surface area contributed by atoms with Crippen LogP contribution in [0.2, 0.25) is 0 Å². The fourth-order valence-electron chi connectivity index (χ4n) is 4.24. The maximum absolute atomic E-state index is 13.8. The highest BCUT2D eigenvalue weighted by molar-refractivity contribution is 7.13. The fourth-order valence-corrected chi connectivity index (χ4v) is 4.93. The van der Waals surface area contributed by atoms with E-state index in [9.17, 15) is 18.0 Å². The van der Waals surface area contributed by atoms with Gasteiger partial charge in [-0.1, -0.05) is 6.07 Å². The van der Waals surface area contributed by atoms with Crippen LogP contribution in [-0.2, 0) is 7.05 Å². The number of aryl methyl sites for hydroxylation is 3. The lowest BCUT2D eigenvalue weighted by molar-refractivity contribution is -0.172. The van der Waals surface area contributed by atoms with Gasteiger partial charge in [0.25, 0.3) is 5.91 Å². The quantitative estimate of drug-likeness (QED) is 0.436. The van der Waals surface area contributed by atoms with Gasteiger partial charge in [0.05, 0.1) is 32.9 Å². The Hall–Kier alpha value is -3.21. The number of fused-ring (bicyclic) bond motifs is 2. The largest absolute Gasteiger partial charge is 0.410 e. The van der Waals surface area contributed by atoms with Crippen molar-refractivity contribution in [3.05, 3.63) is 46.6 Å². The van der Waals surface area contributed by atoms with Crippen molar-refractivity contribution in [2.75, 3.05) is 11.4 Å². The van der Waals surface area contributed by atoms with Crippen LogP contribution in [0, 0.1) is 13.8 Å². The number of halogens is 3. The number of amides is 1. The summed E-state index contributed by atoms with van der Waals surface area (Å²) in [6, 6.07) is 5.27. The van der Waals surface area contributed by atoms with Gasteiger partial charge in [-0.25, -0.2) is 9.67 Å². The van der Waals surface area contributed by atoms with E-state index >= 15 is 0 Å². The smallest absolute Gasteiger partial charge is 0.293 e. The first-order valence-corrected chi connectivity index (χ1v) is 10.9. The van der Waals surface area contributed by atoms with Crippen LogP contribution in [0.5, 0.6) is 0 Å². The third-order valence-electron chi connectivity index (χ3n) is 5.63. The van der Waals surface area contributed by atoms with Crippen LogP contribution in [0.4, 0.5) is 19.0 Å². The molecule has 1 aliphatic heterocycles. The number of hydrogen-bond donors (Lipinski definition) is 0. The third kappa shape index (κ3) is 3.19. The van der Waals surface area contributed by atoms with E-state index < -0.39 is 18.1 Å². The second kappa shape index (κ2) is 7.16. The van der Waals surface area contributed by atoms with Gasteiger partial charge in [-0.3, -0.25) is 14.4 Å². The van der Waals surface area contributed by atoms with Crippen molar-refractivity contribution in [2.24, 2.45) is 7.05 Å². The Morgan fingerprint density at radius 2 is 2.00 bits per heavy atom. The monoisotopic (exact) mass is 460 g/mol. The van der Waals surface area contributed by atoms with Gasteiger partial charge >= 0.3 is 6.18 Å². The number of thiophene rings is 1. The van der Waals surface area contributed by atoms with Crippen LogP contribution >= 0.6 is 11.3 Å². The number of carbonyl (C=O) groups excluding carboxylic acids is 1. The van der Waals surface area contributed by atoms with Crippen LogP contribution in [0.1, 0.15) is 34.2 Å². The number of nitrogens with zero attached hydrogens (tertiary/aromatic N) is 6. The van der Waals surface area contributed by atoms with Gasteiger partial charge in [0.2, 0.25) is 0 Å². The van der Waals surface area contributed by atoms with Crippen LogP contribution in [-0.4, -0.2) is 43.2 Å². The topological polar surface area (TPSA) is 68.8 Å². The highest BCUT2D eigenvalue weighted by Gasteiger charge is 2.46. The predicted octanol–water partition coefficient (Wildman–Crippen LogP) is 4.66. The van der Waals surface area contributed by atoms with Crippen molar-refractivity contribution < 1.29 is 18.0 Å². The standard InChI is InChI=1S/C21H19F3N6OS/c1-11-9-17-29(7-6-16(21(22,23)24)30(17)26-11)20(31)13-10-14(15-5-4-8-32-15)25-19-18(13)12(2)27-28(19)3/h4-5,8-10,16H,6-7H2,1-3H3/t16-/m0/s1. The average molecular weight is 460 g/mol. The van der Waals surface area contributed by atoms with Crippen molar-refractivity contribution in [1.29, 1.82) is 0 Å². The van der Waals surface area contributed by atoms with Gasteiger partial charge in [0.1, 0.15) is 5.82 Å². The molecular weight excluding hydrogens is 441 g/mol. The maximum atomic E-state index is 13.8. The molecule has 32 heavy (non-hydrogen) atoms. The summed E-state index contributed by atoms with van der Waals surface area (Å²) in [5.41, 5.74) is 2.58. The molecule has 0 bridgehead atoms. The third-order valence-corrected chi connectivity index (χ3v) is 6.52. The Balaban J connectivity index is 1.67. The summed E-state index contributed by atoms with van der Waals surface area (Å²) in [4.78, 5) is 20.7. The van der Waals surface area contributed by atoms with E-state index in [1.54, 1.807) is 31.6 Å². The van der Waals surface area contributed by atoms with E-state index in [0.717, 1.165) is 9.56 Å². The zero-order valence-electron chi connectivity index (χ0n) is 17.5. The molecule has 5 rings (SSSR count). The summed E-state index contributed by atoms with van der Waals surface area (Å²) in [6.45, 7) is 3.34. The normalized spacial score (nSPS) is 16.6. The molecule has 0 N–H and O–H groups in total. The van der Waals surface area contributed by atoms with Crippen LogP contribution in [0.15, 0.2) is 29.6 Å². The van der Waals surface area contributed by atoms with Gasteiger partial charge in [-0.2, -0.15) is 23.4 Å². The molecule has 0 unspecified atom stereocenters. The zero-order valence-corrected chi connectivity index (χ0v) is 18.3. The summed E-state index contributed by atoms with van der Waals surface area (Å²) < 4.78 is 43.3. The molecule has 0 spiro atoms. The number of aromatic nitrogens is 5. The van der Waals surface area contributed by atoms with E-state index in [4.69, 9.17) is 4.98 Å². The minimum absolute atomic E-state index is 0.0639. The highest BCUT2D eigenvalue weighted by atomic mass is 32.1. The lowest BCUT2D eigenvalue weighted by atomic mass is 10.1. The maximum Gasteiger partial charge on any atom is 0.410 e. The molecule has 0 aromatic carbocycles. The number of rotatable bonds is 2. The van der Waals surface area contributed by atoms with Crippen molar-refractivity contribution >= 4 is 34.1 Å². The highest BCUT2D eigenvalue weighted by Crippen LogP contribution is 2.40. The first-order chi connectivity index (χ1) is 15.1. The fraction of sp³-hybridized carbons (Fsp3) is 0.333. The number of anilines is 1. The van der Waals surface area contributed by atoms with Gasteiger partial charge in [0.15, 0.2) is 11.7 Å². The minimum atomic E-state index is -4.45. The summed E-state index contributed by atoms with van der Waals surface area (Å²) in [7, 11) is 1.75. The first-order valence-electron chi connectivity index (χ1n) is 9.98. The van der Waals surface area contributed by atoms with Gasteiger partial charge < -0.3 is 0 Å². The molecule has 0 saturated carbocycles. The molecule has 7 nitrogen and oxygen atoms in total. The average Bonchev–Trinajstić information content (AvgIpc) is 3.45. The Morgan fingerprint density at radius 3 is 2.69 bits per heavy atom. The van der Waals surface area contributed by atoms with Gasteiger partial charge in [-0.05, 0) is 37.8 Å². The molecule has 1 amide bonds. The molecule has 0 saturated heterocycles. The van der Waals surface area contributed by atoms with Crippen molar-refractivity contribution in [3.63, 3.8) is 0 Å². The Bertz CT molecular complexity index is 1340. The molecule has 5 heterocycles. The van der Waals surface area contributed by atoms with Crippen LogP contribution in [0.3, 0.4) is 0 Å². The van der Waals surface area contributed by atoms with Gasteiger partial charge in [0, 0.05) is 19.7 Å². The molecular formula is C21H19F3N6OS. The molecule has 166 valence electrons. The molecule has 4 aromatic heterocycles. The van der Waals surface area contributed by atoms with E-state index in [0.29, 0.717) is 33.7 Å².